The predicted molar refractivity (Wildman–Crippen MR) is 52.5 cm³/mol. The summed E-state index contributed by atoms with van der Waals surface area (Å²) in [5.41, 5.74) is 0. The number of hydrogen-bond acceptors (Lipinski definition) is 2. The van der Waals surface area contributed by atoms with Crippen molar-refractivity contribution in [2.75, 3.05) is 40.9 Å². The van der Waals surface area contributed by atoms with E-state index in [2.05, 4.69) is 11.8 Å². The first-order valence-electron chi connectivity index (χ1n) is 4.65. The van der Waals surface area contributed by atoms with E-state index in [1.807, 2.05) is 11.9 Å². The Morgan fingerprint density at radius 3 is 2.46 bits per heavy atom. The maximum Gasteiger partial charge on any atom is 0.320 e. The zero-order valence-corrected chi connectivity index (χ0v) is 8.95. The normalized spacial score (nSPS) is 24.6. The first-order chi connectivity index (χ1) is 6.00. The van der Waals surface area contributed by atoms with Gasteiger partial charge in [0, 0.05) is 27.2 Å². The molecule has 76 valence electrons. The highest BCUT2D eigenvalue weighted by Gasteiger charge is 2.24. The molecular formula is C9H19N3O. The first kappa shape index (κ1) is 10.3. The molecule has 4 nitrogen and oxygen atoms in total. The van der Waals surface area contributed by atoms with E-state index in [1.54, 1.807) is 19.0 Å². The molecule has 0 spiro atoms. The lowest BCUT2D eigenvalue weighted by molar-refractivity contribution is 0.0805. The highest BCUT2D eigenvalue weighted by atomic mass is 16.2. The van der Waals surface area contributed by atoms with Crippen molar-refractivity contribution in [3.05, 3.63) is 0 Å². The van der Waals surface area contributed by atoms with Crippen LogP contribution in [-0.2, 0) is 0 Å². The lowest BCUT2D eigenvalue weighted by atomic mass is 10.1. The maximum atomic E-state index is 11.6. The van der Waals surface area contributed by atoms with Crippen LogP contribution < -0.4 is 0 Å². The van der Waals surface area contributed by atoms with E-state index in [0.29, 0.717) is 5.92 Å². The molecule has 2 amide bonds. The summed E-state index contributed by atoms with van der Waals surface area (Å²) >= 11 is 0. The minimum absolute atomic E-state index is 0.110. The Morgan fingerprint density at radius 2 is 2.00 bits per heavy atom. The molecule has 0 saturated carbocycles. The van der Waals surface area contributed by atoms with Crippen molar-refractivity contribution >= 4 is 6.03 Å². The minimum atomic E-state index is 0.110. The molecular weight excluding hydrogens is 166 g/mol. The second-order valence-corrected chi connectivity index (χ2v) is 4.18. The quantitative estimate of drug-likeness (QED) is 0.550. The number of carbonyl (C=O) groups is 1. The van der Waals surface area contributed by atoms with Crippen molar-refractivity contribution in [1.82, 2.24) is 14.7 Å². The fraction of sp³-hybridized carbons (Fsp3) is 0.889. The average Bonchev–Trinajstić information content (AvgIpc) is 2.01. The highest BCUT2D eigenvalue weighted by molar-refractivity contribution is 5.73. The number of urea groups is 1. The summed E-state index contributed by atoms with van der Waals surface area (Å²) in [5.74, 6) is 0.572. The third-order valence-electron chi connectivity index (χ3n) is 2.22. The summed E-state index contributed by atoms with van der Waals surface area (Å²) in [7, 11) is 5.63. The van der Waals surface area contributed by atoms with Gasteiger partial charge in [-0.15, -0.1) is 0 Å². The summed E-state index contributed by atoms with van der Waals surface area (Å²) in [6.07, 6.45) is 0. The smallest absolute Gasteiger partial charge is 0.320 e. The van der Waals surface area contributed by atoms with Crippen LogP contribution in [0.15, 0.2) is 0 Å². The standard InChI is InChI=1S/C9H19N3O/c1-8-5-11(4)7-12(6-8)9(13)10(2)3/h8H,5-7H2,1-4H3. The molecule has 0 radical (unpaired) electrons. The molecule has 0 aromatic heterocycles. The van der Waals surface area contributed by atoms with Crippen molar-refractivity contribution in [3.8, 4) is 0 Å². The molecule has 0 aromatic carbocycles. The maximum absolute atomic E-state index is 11.6. The molecule has 0 aliphatic carbocycles. The molecule has 0 N–H and O–H groups in total. The lowest BCUT2D eigenvalue weighted by Crippen LogP contribution is -2.52. The van der Waals surface area contributed by atoms with Gasteiger partial charge in [0.15, 0.2) is 0 Å². The fourth-order valence-corrected chi connectivity index (χ4v) is 1.79. The van der Waals surface area contributed by atoms with Gasteiger partial charge < -0.3 is 9.80 Å². The molecule has 1 rings (SSSR count). The molecule has 1 aliphatic heterocycles. The highest BCUT2D eigenvalue weighted by Crippen LogP contribution is 2.10. The molecule has 4 heteroatoms. The second kappa shape index (κ2) is 3.96. The fourth-order valence-electron chi connectivity index (χ4n) is 1.79. The summed E-state index contributed by atoms with van der Waals surface area (Å²) < 4.78 is 0. The molecule has 1 atom stereocenters. The van der Waals surface area contributed by atoms with Gasteiger partial charge in [-0.3, -0.25) is 4.90 Å². The van der Waals surface area contributed by atoms with Gasteiger partial charge in [-0.2, -0.15) is 0 Å². The zero-order chi connectivity index (χ0) is 10.0. The number of amides is 2. The molecule has 1 fully saturated rings. The molecule has 0 bridgehead atoms. The van der Waals surface area contributed by atoms with Gasteiger partial charge in [0.2, 0.25) is 0 Å². The van der Waals surface area contributed by atoms with E-state index >= 15 is 0 Å². The van der Waals surface area contributed by atoms with Crippen LogP contribution in [0.4, 0.5) is 4.79 Å². The van der Waals surface area contributed by atoms with E-state index in [-0.39, 0.29) is 6.03 Å². The molecule has 1 heterocycles. The van der Waals surface area contributed by atoms with Crippen LogP contribution >= 0.6 is 0 Å². The van der Waals surface area contributed by atoms with Gasteiger partial charge in [0.25, 0.3) is 0 Å². The van der Waals surface area contributed by atoms with E-state index in [0.717, 1.165) is 19.8 Å². The van der Waals surface area contributed by atoms with Crippen molar-refractivity contribution in [2.45, 2.75) is 6.92 Å². The average molecular weight is 185 g/mol. The van der Waals surface area contributed by atoms with E-state index in [4.69, 9.17) is 0 Å². The Balaban J connectivity index is 2.55. The van der Waals surface area contributed by atoms with Gasteiger partial charge in [-0.25, -0.2) is 4.79 Å². The van der Waals surface area contributed by atoms with E-state index in [9.17, 15) is 4.79 Å². The SMILES string of the molecule is CC1CN(C)CN(C(=O)N(C)C)C1. The van der Waals surface area contributed by atoms with Crippen molar-refractivity contribution in [3.63, 3.8) is 0 Å². The van der Waals surface area contributed by atoms with Gasteiger partial charge in [-0.05, 0) is 13.0 Å². The Kier molecular flexibility index (Phi) is 3.14. The van der Waals surface area contributed by atoms with Crippen LogP contribution in [-0.4, -0.2) is 61.6 Å². The van der Waals surface area contributed by atoms with Gasteiger partial charge >= 0.3 is 6.03 Å². The molecule has 13 heavy (non-hydrogen) atoms. The van der Waals surface area contributed by atoms with Crippen LogP contribution in [0, 0.1) is 5.92 Å². The Morgan fingerprint density at radius 1 is 1.38 bits per heavy atom. The monoisotopic (exact) mass is 185 g/mol. The minimum Gasteiger partial charge on any atom is -0.331 e. The third-order valence-corrected chi connectivity index (χ3v) is 2.22. The zero-order valence-electron chi connectivity index (χ0n) is 8.95. The first-order valence-corrected chi connectivity index (χ1v) is 4.65. The largest absolute Gasteiger partial charge is 0.331 e. The van der Waals surface area contributed by atoms with Gasteiger partial charge in [0.05, 0.1) is 6.67 Å². The van der Waals surface area contributed by atoms with Crippen LogP contribution in [0.5, 0.6) is 0 Å². The molecule has 1 aliphatic rings. The number of hydrogen-bond donors (Lipinski definition) is 0. The topological polar surface area (TPSA) is 26.8 Å². The summed E-state index contributed by atoms with van der Waals surface area (Å²) in [5, 5.41) is 0. The third kappa shape index (κ3) is 2.59. The van der Waals surface area contributed by atoms with E-state index in [1.165, 1.54) is 0 Å². The number of carbonyl (C=O) groups excluding carboxylic acids is 1. The second-order valence-electron chi connectivity index (χ2n) is 4.18. The van der Waals surface area contributed by atoms with E-state index < -0.39 is 0 Å². The Labute approximate surface area is 80.1 Å². The van der Waals surface area contributed by atoms with Crippen molar-refractivity contribution in [2.24, 2.45) is 5.92 Å². The van der Waals surface area contributed by atoms with Crippen LogP contribution in [0.3, 0.4) is 0 Å². The number of nitrogens with zero attached hydrogens (tertiary/aromatic N) is 3. The summed E-state index contributed by atoms with van der Waals surface area (Å²) in [6.45, 7) is 4.88. The molecule has 0 aromatic rings. The lowest BCUT2D eigenvalue weighted by Gasteiger charge is -2.38. The molecule has 1 saturated heterocycles. The van der Waals surface area contributed by atoms with Gasteiger partial charge in [0.1, 0.15) is 0 Å². The van der Waals surface area contributed by atoms with Crippen molar-refractivity contribution in [1.29, 1.82) is 0 Å². The summed E-state index contributed by atoms with van der Waals surface area (Å²) in [4.78, 5) is 17.3. The summed E-state index contributed by atoms with van der Waals surface area (Å²) in [6, 6.07) is 0.110. The van der Waals surface area contributed by atoms with Crippen LogP contribution in [0.2, 0.25) is 0 Å². The van der Waals surface area contributed by atoms with Crippen LogP contribution in [0.25, 0.3) is 0 Å². The Bertz CT molecular complexity index is 183. The molecule has 1 unspecified atom stereocenters. The van der Waals surface area contributed by atoms with Crippen molar-refractivity contribution < 1.29 is 4.79 Å². The van der Waals surface area contributed by atoms with Crippen LogP contribution in [0.1, 0.15) is 6.92 Å². The number of rotatable bonds is 0. The van der Waals surface area contributed by atoms with Gasteiger partial charge in [-0.1, -0.05) is 6.92 Å². The predicted octanol–water partition coefficient (Wildman–Crippen LogP) is 0.509. The Hall–Kier alpha value is -0.770.